The van der Waals surface area contributed by atoms with Crippen molar-refractivity contribution in [1.29, 1.82) is 0 Å². The maximum atomic E-state index is 6.03. The van der Waals surface area contributed by atoms with Crippen molar-refractivity contribution in [3.8, 4) is 12.3 Å². The Labute approximate surface area is 93.3 Å². The SMILES string of the molecule is C#CCNc1ccc(Cl)c2ncccc12. The summed E-state index contributed by atoms with van der Waals surface area (Å²) in [6.45, 7) is 0.492. The van der Waals surface area contributed by atoms with Gasteiger partial charge in [-0.3, -0.25) is 4.98 Å². The average molecular weight is 217 g/mol. The van der Waals surface area contributed by atoms with Gasteiger partial charge in [-0.05, 0) is 24.3 Å². The lowest BCUT2D eigenvalue weighted by Crippen LogP contribution is -1.99. The van der Waals surface area contributed by atoms with Gasteiger partial charge in [-0.2, -0.15) is 0 Å². The monoisotopic (exact) mass is 216 g/mol. The minimum atomic E-state index is 0.492. The van der Waals surface area contributed by atoms with E-state index in [-0.39, 0.29) is 0 Å². The van der Waals surface area contributed by atoms with Gasteiger partial charge in [0.1, 0.15) is 0 Å². The Morgan fingerprint density at radius 3 is 3.07 bits per heavy atom. The van der Waals surface area contributed by atoms with Crippen LogP contribution in [-0.2, 0) is 0 Å². The standard InChI is InChI=1S/C12H9ClN2/c1-2-7-14-11-6-5-10(13)12-9(11)4-3-8-15-12/h1,3-6,8,14H,7H2. The van der Waals surface area contributed by atoms with Crippen LogP contribution in [0.4, 0.5) is 5.69 Å². The lowest BCUT2D eigenvalue weighted by molar-refractivity contribution is 1.37. The highest BCUT2D eigenvalue weighted by Gasteiger charge is 2.03. The fraction of sp³-hybridized carbons (Fsp3) is 0.0833. The van der Waals surface area contributed by atoms with Crippen molar-refractivity contribution in [2.24, 2.45) is 0 Å². The minimum absolute atomic E-state index is 0.492. The second-order valence-electron chi connectivity index (χ2n) is 3.05. The summed E-state index contributed by atoms with van der Waals surface area (Å²) in [6, 6.07) is 7.56. The normalized spacial score (nSPS) is 9.87. The van der Waals surface area contributed by atoms with E-state index >= 15 is 0 Å². The molecule has 0 radical (unpaired) electrons. The van der Waals surface area contributed by atoms with Gasteiger partial charge in [0.15, 0.2) is 0 Å². The number of rotatable bonds is 2. The summed E-state index contributed by atoms with van der Waals surface area (Å²) >= 11 is 6.03. The maximum Gasteiger partial charge on any atom is 0.0908 e. The Morgan fingerprint density at radius 2 is 2.27 bits per heavy atom. The van der Waals surface area contributed by atoms with Crippen molar-refractivity contribution in [3.63, 3.8) is 0 Å². The zero-order chi connectivity index (χ0) is 10.7. The number of anilines is 1. The molecule has 0 aliphatic rings. The van der Waals surface area contributed by atoms with Gasteiger partial charge in [-0.1, -0.05) is 17.5 Å². The first kappa shape index (κ1) is 9.82. The predicted octanol–water partition coefficient (Wildman–Crippen LogP) is 2.93. The molecule has 0 fully saturated rings. The highest BCUT2D eigenvalue weighted by atomic mass is 35.5. The summed E-state index contributed by atoms with van der Waals surface area (Å²) in [7, 11) is 0. The molecule has 2 aromatic rings. The largest absolute Gasteiger partial charge is 0.374 e. The minimum Gasteiger partial charge on any atom is -0.374 e. The van der Waals surface area contributed by atoms with Crippen molar-refractivity contribution in [1.82, 2.24) is 4.98 Å². The maximum absolute atomic E-state index is 6.03. The summed E-state index contributed by atoms with van der Waals surface area (Å²) in [4.78, 5) is 4.23. The number of halogens is 1. The van der Waals surface area contributed by atoms with Crippen molar-refractivity contribution in [2.45, 2.75) is 0 Å². The van der Waals surface area contributed by atoms with Crippen LogP contribution in [-0.4, -0.2) is 11.5 Å². The van der Waals surface area contributed by atoms with Crippen molar-refractivity contribution in [2.75, 3.05) is 11.9 Å². The molecule has 2 nitrogen and oxygen atoms in total. The van der Waals surface area contributed by atoms with Crippen molar-refractivity contribution >= 4 is 28.2 Å². The molecule has 0 unspecified atom stereocenters. The Hall–Kier alpha value is -1.72. The van der Waals surface area contributed by atoms with Gasteiger partial charge < -0.3 is 5.32 Å². The highest BCUT2D eigenvalue weighted by molar-refractivity contribution is 6.35. The zero-order valence-electron chi connectivity index (χ0n) is 8.00. The molecule has 1 N–H and O–H groups in total. The van der Waals surface area contributed by atoms with Crippen LogP contribution in [0.2, 0.25) is 5.02 Å². The molecule has 74 valence electrons. The number of hydrogen-bond donors (Lipinski definition) is 1. The number of hydrogen-bond acceptors (Lipinski definition) is 2. The molecule has 0 aliphatic carbocycles. The summed E-state index contributed by atoms with van der Waals surface area (Å²) in [6.07, 6.45) is 6.92. The molecule has 0 amide bonds. The molecule has 2 rings (SSSR count). The van der Waals surface area contributed by atoms with Gasteiger partial charge in [-0.15, -0.1) is 6.42 Å². The van der Waals surface area contributed by atoms with E-state index in [9.17, 15) is 0 Å². The second-order valence-corrected chi connectivity index (χ2v) is 3.46. The molecular weight excluding hydrogens is 208 g/mol. The number of fused-ring (bicyclic) bond motifs is 1. The van der Waals surface area contributed by atoms with Crippen LogP contribution in [0.25, 0.3) is 10.9 Å². The van der Waals surface area contributed by atoms with Crippen LogP contribution in [0.1, 0.15) is 0 Å². The molecule has 1 heterocycles. The van der Waals surface area contributed by atoms with Gasteiger partial charge in [0.25, 0.3) is 0 Å². The van der Waals surface area contributed by atoms with Gasteiger partial charge in [0.2, 0.25) is 0 Å². The van der Waals surface area contributed by atoms with Crippen LogP contribution in [0, 0.1) is 12.3 Å². The fourth-order valence-electron chi connectivity index (χ4n) is 1.44. The van der Waals surface area contributed by atoms with Crippen LogP contribution in [0.5, 0.6) is 0 Å². The summed E-state index contributed by atoms with van der Waals surface area (Å²) < 4.78 is 0. The van der Waals surface area contributed by atoms with E-state index in [0.717, 1.165) is 16.6 Å². The summed E-state index contributed by atoms with van der Waals surface area (Å²) in [5.41, 5.74) is 1.75. The number of nitrogens with zero attached hydrogens (tertiary/aromatic N) is 1. The molecule has 0 saturated carbocycles. The van der Waals surface area contributed by atoms with Crippen LogP contribution >= 0.6 is 11.6 Å². The number of benzene rings is 1. The number of nitrogens with one attached hydrogen (secondary N) is 1. The third-order valence-corrected chi connectivity index (χ3v) is 2.41. The first-order chi connectivity index (χ1) is 7.33. The Kier molecular flexibility index (Phi) is 2.75. The van der Waals surface area contributed by atoms with Gasteiger partial charge in [0.05, 0.1) is 17.1 Å². The fourth-order valence-corrected chi connectivity index (χ4v) is 1.65. The highest BCUT2D eigenvalue weighted by Crippen LogP contribution is 2.27. The molecule has 15 heavy (non-hydrogen) atoms. The van der Waals surface area contributed by atoms with Crippen molar-refractivity contribution in [3.05, 3.63) is 35.5 Å². The molecule has 1 aromatic heterocycles. The molecule has 1 aromatic carbocycles. The summed E-state index contributed by atoms with van der Waals surface area (Å²) in [5.74, 6) is 2.53. The van der Waals surface area contributed by atoms with Gasteiger partial charge >= 0.3 is 0 Å². The quantitative estimate of drug-likeness (QED) is 0.781. The third kappa shape index (κ3) is 1.88. The summed E-state index contributed by atoms with van der Waals surface area (Å²) in [5, 5.41) is 4.77. The number of terminal acetylenes is 1. The Bertz CT molecular complexity index is 529. The average Bonchev–Trinajstić information content (AvgIpc) is 2.29. The van der Waals surface area contributed by atoms with Crippen LogP contribution < -0.4 is 5.32 Å². The number of pyridine rings is 1. The van der Waals surface area contributed by atoms with E-state index in [2.05, 4.69) is 16.2 Å². The molecule has 0 spiro atoms. The predicted molar refractivity (Wildman–Crippen MR) is 64.1 cm³/mol. The van der Waals surface area contributed by atoms with E-state index < -0.39 is 0 Å². The lowest BCUT2D eigenvalue weighted by atomic mass is 10.2. The van der Waals surface area contributed by atoms with E-state index in [1.165, 1.54) is 0 Å². The van der Waals surface area contributed by atoms with Gasteiger partial charge in [-0.25, -0.2) is 0 Å². The Balaban J connectivity index is 2.57. The topological polar surface area (TPSA) is 24.9 Å². The van der Waals surface area contributed by atoms with Crippen molar-refractivity contribution < 1.29 is 0 Å². The number of aromatic nitrogens is 1. The smallest absolute Gasteiger partial charge is 0.0908 e. The van der Waals surface area contributed by atoms with Crippen LogP contribution in [0.3, 0.4) is 0 Å². The first-order valence-corrected chi connectivity index (χ1v) is 4.91. The molecule has 3 heteroatoms. The van der Waals surface area contributed by atoms with Gasteiger partial charge in [0, 0.05) is 17.3 Å². The Morgan fingerprint density at radius 1 is 1.40 bits per heavy atom. The zero-order valence-corrected chi connectivity index (χ0v) is 8.75. The molecular formula is C12H9ClN2. The molecule has 0 aliphatic heterocycles. The van der Waals surface area contributed by atoms with Crippen LogP contribution in [0.15, 0.2) is 30.5 Å². The molecule has 0 saturated heterocycles. The lowest BCUT2D eigenvalue weighted by Gasteiger charge is -2.07. The molecule has 0 atom stereocenters. The first-order valence-electron chi connectivity index (χ1n) is 4.53. The van der Waals surface area contributed by atoms with E-state index in [1.807, 2.05) is 24.3 Å². The van der Waals surface area contributed by atoms with E-state index in [0.29, 0.717) is 11.6 Å². The second kappa shape index (κ2) is 4.20. The van der Waals surface area contributed by atoms with E-state index in [1.54, 1.807) is 6.20 Å². The molecule has 0 bridgehead atoms. The third-order valence-electron chi connectivity index (χ3n) is 2.10. The van der Waals surface area contributed by atoms with E-state index in [4.69, 9.17) is 18.0 Å².